The molecule has 0 spiro atoms. The molecule has 1 amide bonds. The largest absolute Gasteiger partial charge is 0.351 e. The second kappa shape index (κ2) is 7.86. The molecule has 0 aliphatic carbocycles. The molecule has 1 unspecified atom stereocenters. The van der Waals surface area contributed by atoms with Gasteiger partial charge in [0.25, 0.3) is 5.56 Å². The van der Waals surface area contributed by atoms with Gasteiger partial charge in [-0.1, -0.05) is 41.6 Å². The van der Waals surface area contributed by atoms with Crippen molar-refractivity contribution in [2.45, 2.75) is 44.6 Å². The first-order chi connectivity index (χ1) is 12.8. The van der Waals surface area contributed by atoms with Gasteiger partial charge < -0.3 is 5.32 Å². The first-order valence-electron chi connectivity index (χ1n) is 8.74. The maximum Gasteiger partial charge on any atom is 0.262 e. The molecule has 1 atom stereocenters. The number of benzene rings is 1. The lowest BCUT2D eigenvalue weighted by Gasteiger charge is -2.13. The quantitative estimate of drug-likeness (QED) is 0.523. The summed E-state index contributed by atoms with van der Waals surface area (Å²) in [4.78, 5) is 31.6. The zero-order valence-corrected chi connectivity index (χ0v) is 17.8. The molecule has 142 valence electrons. The van der Waals surface area contributed by atoms with Crippen molar-refractivity contribution in [3.05, 3.63) is 56.2 Å². The van der Waals surface area contributed by atoms with Crippen molar-refractivity contribution in [2.75, 3.05) is 0 Å². The zero-order valence-electron chi connectivity index (χ0n) is 16.1. The van der Waals surface area contributed by atoms with E-state index in [0.717, 1.165) is 20.8 Å². The predicted molar refractivity (Wildman–Crippen MR) is 113 cm³/mol. The second-order valence-corrected chi connectivity index (χ2v) is 9.20. The van der Waals surface area contributed by atoms with Crippen molar-refractivity contribution in [3.63, 3.8) is 0 Å². The van der Waals surface area contributed by atoms with Crippen LogP contribution in [-0.2, 0) is 18.4 Å². The van der Waals surface area contributed by atoms with E-state index in [9.17, 15) is 9.59 Å². The van der Waals surface area contributed by atoms with Crippen LogP contribution in [0.4, 0.5) is 0 Å². The first-order valence-corrected chi connectivity index (χ1v) is 10.4. The Balaban J connectivity index is 1.74. The average molecular weight is 402 g/mol. The number of hydrogen-bond donors (Lipinski definition) is 1. The molecule has 2 heterocycles. The summed E-state index contributed by atoms with van der Waals surface area (Å²) in [6.07, 6.45) is 0. The summed E-state index contributed by atoms with van der Waals surface area (Å²) in [5, 5.41) is 3.84. The molecule has 0 aliphatic rings. The van der Waals surface area contributed by atoms with Gasteiger partial charge in [0, 0.05) is 18.5 Å². The molecule has 0 saturated carbocycles. The van der Waals surface area contributed by atoms with Crippen LogP contribution in [0.1, 0.15) is 28.5 Å². The third-order valence-corrected chi connectivity index (χ3v) is 6.85. The van der Waals surface area contributed by atoms with Crippen LogP contribution in [0.25, 0.3) is 10.2 Å². The lowest BCUT2D eigenvalue weighted by atomic mass is 10.1. The van der Waals surface area contributed by atoms with E-state index in [2.05, 4.69) is 10.3 Å². The van der Waals surface area contributed by atoms with Gasteiger partial charge in [-0.25, -0.2) is 4.98 Å². The zero-order chi connectivity index (χ0) is 19.7. The Morgan fingerprint density at radius 3 is 2.59 bits per heavy atom. The standard InChI is InChI=1S/C20H23N3O2S2/c1-11-6-8-15(9-7-11)10-21-17(24)14(4)27-20-22-18-16(19(25)23(20)5)12(2)13(3)26-18/h6-9,14H,10H2,1-5H3,(H,21,24). The highest BCUT2D eigenvalue weighted by Gasteiger charge is 2.20. The molecule has 0 fully saturated rings. The number of nitrogens with zero attached hydrogens (tertiary/aromatic N) is 2. The van der Waals surface area contributed by atoms with Crippen LogP contribution in [-0.4, -0.2) is 20.7 Å². The highest BCUT2D eigenvalue weighted by Crippen LogP contribution is 2.29. The van der Waals surface area contributed by atoms with Crippen LogP contribution in [0.5, 0.6) is 0 Å². The average Bonchev–Trinajstić information content (AvgIpc) is 2.92. The van der Waals surface area contributed by atoms with Crippen molar-refractivity contribution < 1.29 is 4.79 Å². The molecule has 1 aromatic carbocycles. The topological polar surface area (TPSA) is 64.0 Å². The minimum atomic E-state index is -0.354. The van der Waals surface area contributed by atoms with Crippen molar-refractivity contribution in [3.8, 4) is 0 Å². The number of amides is 1. The number of nitrogens with one attached hydrogen (secondary N) is 1. The van der Waals surface area contributed by atoms with E-state index in [-0.39, 0.29) is 16.7 Å². The van der Waals surface area contributed by atoms with Crippen LogP contribution >= 0.6 is 23.1 Å². The van der Waals surface area contributed by atoms with Gasteiger partial charge in [0.15, 0.2) is 5.16 Å². The van der Waals surface area contributed by atoms with Crippen LogP contribution in [0.3, 0.4) is 0 Å². The van der Waals surface area contributed by atoms with E-state index in [1.54, 1.807) is 7.05 Å². The highest BCUT2D eigenvalue weighted by molar-refractivity contribution is 8.00. The molecule has 1 N–H and O–H groups in total. The SMILES string of the molecule is Cc1ccc(CNC(=O)C(C)Sc2nc3sc(C)c(C)c3c(=O)n2C)cc1. The van der Waals surface area contributed by atoms with Gasteiger partial charge >= 0.3 is 0 Å². The minimum Gasteiger partial charge on any atom is -0.351 e. The molecule has 0 radical (unpaired) electrons. The van der Waals surface area contributed by atoms with Crippen LogP contribution in [0, 0.1) is 20.8 Å². The third-order valence-electron chi connectivity index (χ3n) is 4.61. The van der Waals surface area contributed by atoms with E-state index in [0.29, 0.717) is 17.1 Å². The van der Waals surface area contributed by atoms with E-state index in [4.69, 9.17) is 0 Å². The summed E-state index contributed by atoms with van der Waals surface area (Å²) in [5.74, 6) is -0.0755. The van der Waals surface area contributed by atoms with E-state index < -0.39 is 0 Å². The second-order valence-electron chi connectivity index (χ2n) is 6.69. The molecule has 7 heteroatoms. The maximum absolute atomic E-state index is 12.7. The molecule has 3 aromatic rings. The van der Waals surface area contributed by atoms with Gasteiger partial charge in [0.2, 0.25) is 5.91 Å². The lowest BCUT2D eigenvalue weighted by Crippen LogP contribution is -2.31. The van der Waals surface area contributed by atoms with Gasteiger partial charge in [-0.05, 0) is 38.8 Å². The van der Waals surface area contributed by atoms with Crippen molar-refractivity contribution in [1.29, 1.82) is 0 Å². The van der Waals surface area contributed by atoms with Crippen molar-refractivity contribution in [1.82, 2.24) is 14.9 Å². The normalized spacial score (nSPS) is 12.3. The summed E-state index contributed by atoms with van der Waals surface area (Å²) in [6, 6.07) is 8.07. The highest BCUT2D eigenvalue weighted by atomic mass is 32.2. The van der Waals surface area contributed by atoms with Gasteiger partial charge in [0.05, 0.1) is 10.6 Å². The molecule has 27 heavy (non-hydrogen) atoms. The number of rotatable bonds is 5. The fraction of sp³-hybridized carbons (Fsp3) is 0.350. The van der Waals surface area contributed by atoms with Crippen LogP contribution < -0.4 is 10.9 Å². The molecule has 2 aromatic heterocycles. The Kier molecular flexibility index (Phi) is 5.72. The summed E-state index contributed by atoms with van der Waals surface area (Å²) in [6.45, 7) is 8.29. The number of hydrogen-bond acceptors (Lipinski definition) is 5. The number of thioether (sulfide) groups is 1. The fourth-order valence-corrected chi connectivity index (χ4v) is 4.68. The lowest BCUT2D eigenvalue weighted by molar-refractivity contribution is -0.120. The Morgan fingerprint density at radius 1 is 1.26 bits per heavy atom. The smallest absolute Gasteiger partial charge is 0.262 e. The molecular formula is C20H23N3O2S2. The molecule has 0 saturated heterocycles. The summed E-state index contributed by atoms with van der Waals surface area (Å²) >= 11 is 2.83. The van der Waals surface area contributed by atoms with Gasteiger partial charge in [-0.15, -0.1) is 11.3 Å². The van der Waals surface area contributed by atoms with Crippen LogP contribution in [0.15, 0.2) is 34.2 Å². The Hall–Kier alpha value is -2.12. The van der Waals surface area contributed by atoms with Gasteiger partial charge in [-0.3, -0.25) is 14.2 Å². The Labute approximate surface area is 166 Å². The van der Waals surface area contributed by atoms with Gasteiger partial charge in [-0.2, -0.15) is 0 Å². The number of fused-ring (bicyclic) bond motifs is 1. The Morgan fingerprint density at radius 2 is 1.93 bits per heavy atom. The number of carbonyl (C=O) groups is 1. The van der Waals surface area contributed by atoms with Crippen molar-refractivity contribution >= 4 is 39.2 Å². The molecule has 0 aliphatic heterocycles. The van der Waals surface area contributed by atoms with E-state index in [1.807, 2.05) is 52.0 Å². The monoisotopic (exact) mass is 401 g/mol. The Bertz CT molecular complexity index is 1050. The first kappa shape index (κ1) is 19.6. The molecule has 0 bridgehead atoms. The third kappa shape index (κ3) is 4.09. The summed E-state index contributed by atoms with van der Waals surface area (Å²) in [7, 11) is 1.71. The number of thiophene rings is 1. The maximum atomic E-state index is 12.7. The summed E-state index contributed by atoms with van der Waals surface area (Å²) in [5.41, 5.74) is 3.18. The predicted octanol–water partition coefficient (Wildman–Crippen LogP) is 3.72. The molecule has 3 rings (SSSR count). The summed E-state index contributed by atoms with van der Waals surface area (Å²) < 4.78 is 1.54. The van der Waals surface area contributed by atoms with Crippen LogP contribution in [0.2, 0.25) is 0 Å². The fourth-order valence-electron chi connectivity index (χ4n) is 2.71. The van der Waals surface area contributed by atoms with E-state index in [1.165, 1.54) is 33.2 Å². The number of aryl methyl sites for hydroxylation is 3. The molecule has 5 nitrogen and oxygen atoms in total. The van der Waals surface area contributed by atoms with E-state index >= 15 is 0 Å². The van der Waals surface area contributed by atoms with Crippen molar-refractivity contribution in [2.24, 2.45) is 7.05 Å². The molecular weight excluding hydrogens is 378 g/mol. The minimum absolute atomic E-state index is 0.0587. The number of aromatic nitrogens is 2. The van der Waals surface area contributed by atoms with Gasteiger partial charge in [0.1, 0.15) is 4.83 Å². The number of carbonyl (C=O) groups excluding carboxylic acids is 1.